The summed E-state index contributed by atoms with van der Waals surface area (Å²) in [5.41, 5.74) is -0.532. The van der Waals surface area contributed by atoms with Crippen LogP contribution in [0, 0.1) is 10.1 Å². The van der Waals surface area contributed by atoms with Gasteiger partial charge in [0.15, 0.2) is 0 Å². The van der Waals surface area contributed by atoms with Crippen molar-refractivity contribution in [2.75, 3.05) is 0 Å². The second-order valence-corrected chi connectivity index (χ2v) is 9.85. The summed E-state index contributed by atoms with van der Waals surface area (Å²) in [6, 6.07) is 7.93. The van der Waals surface area contributed by atoms with Crippen LogP contribution >= 0.6 is 0 Å². The van der Waals surface area contributed by atoms with E-state index in [1.807, 2.05) is 20.8 Å². The first kappa shape index (κ1) is 26.2. The molecule has 0 heterocycles. The van der Waals surface area contributed by atoms with Crippen LogP contribution in [0.15, 0.2) is 48.5 Å². The molecule has 0 aliphatic heterocycles. The van der Waals surface area contributed by atoms with Gasteiger partial charge in [0, 0.05) is 10.5 Å². The van der Waals surface area contributed by atoms with E-state index in [1.54, 1.807) is 45.0 Å². The first-order valence-corrected chi connectivity index (χ1v) is 10.4. The van der Waals surface area contributed by atoms with Crippen LogP contribution in [0.2, 0.25) is 0 Å². The first-order valence-electron chi connectivity index (χ1n) is 10.4. The number of hydrogen-bond acceptors (Lipinski definition) is 4. The van der Waals surface area contributed by atoms with Gasteiger partial charge < -0.3 is 10.1 Å². The van der Waals surface area contributed by atoms with Gasteiger partial charge in [0.2, 0.25) is 0 Å². The average Bonchev–Trinajstić information content (AvgIpc) is 2.65. The normalized spacial score (nSPS) is 14.3. The monoisotopic (exact) mass is 466 g/mol. The zero-order valence-electron chi connectivity index (χ0n) is 19.5. The number of carbonyl (C=O) groups excluding carboxylic acids is 1. The molecule has 180 valence electrons. The molecule has 2 aromatic rings. The minimum atomic E-state index is -4.56. The van der Waals surface area contributed by atoms with Crippen molar-refractivity contribution in [3.63, 3.8) is 0 Å². The summed E-state index contributed by atoms with van der Waals surface area (Å²) in [5.74, 6) is 0. The van der Waals surface area contributed by atoms with E-state index in [-0.39, 0.29) is 11.0 Å². The molecule has 0 bridgehead atoms. The number of rotatable bonds is 5. The third kappa shape index (κ3) is 7.20. The van der Waals surface area contributed by atoms with Crippen molar-refractivity contribution in [1.82, 2.24) is 5.32 Å². The van der Waals surface area contributed by atoms with Gasteiger partial charge in [-0.25, -0.2) is 4.79 Å². The number of nitro groups is 1. The minimum Gasteiger partial charge on any atom is -0.444 e. The Kier molecular flexibility index (Phi) is 7.46. The number of nitrogens with zero attached hydrogens (tertiary/aromatic N) is 1. The smallest absolute Gasteiger partial charge is 0.416 e. The summed E-state index contributed by atoms with van der Waals surface area (Å²) >= 11 is 0. The fourth-order valence-electron chi connectivity index (χ4n) is 3.27. The second-order valence-electron chi connectivity index (χ2n) is 9.85. The van der Waals surface area contributed by atoms with Gasteiger partial charge in [-0.3, -0.25) is 10.1 Å². The summed E-state index contributed by atoms with van der Waals surface area (Å²) in [6.07, 6.45) is -5.47. The molecule has 33 heavy (non-hydrogen) atoms. The van der Waals surface area contributed by atoms with Crippen molar-refractivity contribution < 1.29 is 27.6 Å². The zero-order valence-corrected chi connectivity index (χ0v) is 19.5. The Morgan fingerprint density at radius 2 is 1.33 bits per heavy atom. The molecule has 1 N–H and O–H groups in total. The quantitative estimate of drug-likeness (QED) is 0.398. The second kappa shape index (κ2) is 9.41. The lowest BCUT2D eigenvalue weighted by atomic mass is 9.85. The lowest BCUT2D eigenvalue weighted by molar-refractivity contribution is -0.534. The molecule has 2 aromatic carbocycles. The van der Waals surface area contributed by atoms with E-state index in [1.165, 1.54) is 0 Å². The molecule has 1 amide bonds. The molecule has 0 spiro atoms. The van der Waals surface area contributed by atoms with Crippen molar-refractivity contribution in [2.45, 2.75) is 70.8 Å². The van der Waals surface area contributed by atoms with Gasteiger partial charge in [0.1, 0.15) is 11.6 Å². The number of carbonyl (C=O) groups is 1. The largest absolute Gasteiger partial charge is 0.444 e. The molecule has 0 radical (unpaired) electrons. The molecule has 0 unspecified atom stereocenters. The van der Waals surface area contributed by atoms with E-state index in [9.17, 15) is 28.1 Å². The third-order valence-electron chi connectivity index (χ3n) is 4.93. The van der Waals surface area contributed by atoms with Crippen LogP contribution in [-0.2, 0) is 16.3 Å². The number of benzene rings is 2. The van der Waals surface area contributed by atoms with Gasteiger partial charge in [-0.05, 0) is 49.4 Å². The molecule has 0 fully saturated rings. The maximum Gasteiger partial charge on any atom is 0.416 e. The molecule has 2 rings (SSSR count). The molecule has 2 atom stereocenters. The average molecular weight is 467 g/mol. The number of ether oxygens (including phenoxy) is 1. The number of nitrogens with one attached hydrogen (secondary N) is 1. The van der Waals surface area contributed by atoms with Crippen molar-refractivity contribution in [2.24, 2.45) is 0 Å². The molecule has 9 heteroatoms. The maximum atomic E-state index is 13.0. The van der Waals surface area contributed by atoms with Gasteiger partial charge in [0.05, 0.1) is 5.56 Å². The molecular formula is C24H29F3N2O4. The SMILES string of the molecule is CC(C)(C)OC(=O)N[C@H](c1ccc(C(F)(F)F)cc1)[C@H](c1ccc(C(C)(C)C)cc1)[N+](=O)[O-]. The Morgan fingerprint density at radius 1 is 0.879 bits per heavy atom. The number of halogens is 3. The van der Waals surface area contributed by atoms with Crippen molar-refractivity contribution in [3.8, 4) is 0 Å². The van der Waals surface area contributed by atoms with E-state index >= 15 is 0 Å². The lowest BCUT2D eigenvalue weighted by Crippen LogP contribution is -2.39. The van der Waals surface area contributed by atoms with Crippen molar-refractivity contribution in [3.05, 3.63) is 80.9 Å². The van der Waals surface area contributed by atoms with Crippen LogP contribution in [0.25, 0.3) is 0 Å². The Labute approximate surface area is 191 Å². The highest BCUT2D eigenvalue weighted by Gasteiger charge is 2.38. The molecule has 0 saturated carbocycles. The molecule has 0 saturated heterocycles. The van der Waals surface area contributed by atoms with E-state index < -0.39 is 40.4 Å². The Morgan fingerprint density at radius 3 is 1.73 bits per heavy atom. The van der Waals surface area contributed by atoms with E-state index in [2.05, 4.69) is 5.32 Å². The lowest BCUT2D eigenvalue weighted by Gasteiger charge is -2.26. The maximum absolute atomic E-state index is 13.0. The van der Waals surface area contributed by atoms with E-state index in [0.717, 1.165) is 29.8 Å². The standard InChI is InChI=1S/C24H29F3N2O4/c1-22(2,3)17-11-9-16(10-12-17)20(29(31)32)19(28-21(30)33-23(4,5)6)15-7-13-18(14-8-15)24(25,26)27/h7-14,19-20H,1-6H3,(H,28,30)/t19-,20+/m1/s1. The molecule has 0 aliphatic rings. The molecule has 0 aromatic heterocycles. The summed E-state index contributed by atoms with van der Waals surface area (Å²) in [6.45, 7) is 10.9. The number of alkyl halides is 3. The van der Waals surface area contributed by atoms with E-state index in [0.29, 0.717) is 5.56 Å². The van der Waals surface area contributed by atoms with Crippen LogP contribution < -0.4 is 5.32 Å². The van der Waals surface area contributed by atoms with Gasteiger partial charge >= 0.3 is 12.3 Å². The summed E-state index contributed by atoms with van der Waals surface area (Å²) in [7, 11) is 0. The van der Waals surface area contributed by atoms with Gasteiger partial charge in [-0.2, -0.15) is 13.2 Å². The van der Waals surface area contributed by atoms with Gasteiger partial charge in [0.25, 0.3) is 6.04 Å². The van der Waals surface area contributed by atoms with Crippen molar-refractivity contribution >= 4 is 6.09 Å². The first-order chi connectivity index (χ1) is 15.0. The van der Waals surface area contributed by atoms with Crippen LogP contribution in [-0.4, -0.2) is 16.6 Å². The molecule has 0 aliphatic carbocycles. The van der Waals surface area contributed by atoms with E-state index in [4.69, 9.17) is 4.74 Å². The van der Waals surface area contributed by atoms with Crippen LogP contribution in [0.5, 0.6) is 0 Å². The number of alkyl carbamates (subject to hydrolysis) is 1. The van der Waals surface area contributed by atoms with Gasteiger partial charge in [-0.1, -0.05) is 57.2 Å². The molecular weight excluding hydrogens is 437 g/mol. The summed E-state index contributed by atoms with van der Waals surface area (Å²) in [4.78, 5) is 24.0. The highest BCUT2D eigenvalue weighted by molar-refractivity contribution is 5.68. The predicted molar refractivity (Wildman–Crippen MR) is 118 cm³/mol. The number of amides is 1. The minimum absolute atomic E-state index is 0.149. The number of hydrogen-bond donors (Lipinski definition) is 1. The zero-order chi connectivity index (χ0) is 25.2. The Hall–Kier alpha value is -3.10. The fraction of sp³-hybridized carbons (Fsp3) is 0.458. The highest BCUT2D eigenvalue weighted by Crippen LogP contribution is 2.35. The van der Waals surface area contributed by atoms with Crippen LogP contribution in [0.1, 0.15) is 75.9 Å². The van der Waals surface area contributed by atoms with Gasteiger partial charge in [-0.15, -0.1) is 0 Å². The van der Waals surface area contributed by atoms with Crippen LogP contribution in [0.3, 0.4) is 0 Å². The van der Waals surface area contributed by atoms with Crippen molar-refractivity contribution in [1.29, 1.82) is 0 Å². The molecule has 6 nitrogen and oxygen atoms in total. The van der Waals surface area contributed by atoms with Crippen LogP contribution in [0.4, 0.5) is 18.0 Å². The Bertz CT molecular complexity index is 973. The summed E-state index contributed by atoms with van der Waals surface area (Å²) in [5, 5.41) is 14.6. The Balaban J connectivity index is 2.52. The fourth-order valence-corrected chi connectivity index (χ4v) is 3.27. The predicted octanol–water partition coefficient (Wildman–Crippen LogP) is 6.59. The topological polar surface area (TPSA) is 81.5 Å². The summed E-state index contributed by atoms with van der Waals surface area (Å²) < 4.78 is 44.3. The third-order valence-corrected chi connectivity index (χ3v) is 4.93. The highest BCUT2D eigenvalue weighted by atomic mass is 19.4.